The van der Waals surface area contributed by atoms with Gasteiger partial charge in [-0.05, 0) is 30.3 Å². The number of methoxy groups -OCH3 is 2. The number of nitrogens with one attached hydrogen (secondary N) is 1. The van der Waals surface area contributed by atoms with E-state index in [0.717, 1.165) is 16.9 Å². The summed E-state index contributed by atoms with van der Waals surface area (Å²) in [6, 6.07) is 8.48. The van der Waals surface area contributed by atoms with Crippen LogP contribution in [0.1, 0.15) is 19.3 Å². The number of benzene rings is 1. The Morgan fingerprint density at radius 2 is 1.92 bits per heavy atom. The lowest BCUT2D eigenvalue weighted by Gasteiger charge is -2.04. The van der Waals surface area contributed by atoms with Gasteiger partial charge < -0.3 is 9.47 Å². The molecule has 0 bridgehead atoms. The molecule has 3 rings (SSSR count). The van der Waals surface area contributed by atoms with Gasteiger partial charge in [-0.3, -0.25) is 10.1 Å². The predicted octanol–water partition coefficient (Wildman–Crippen LogP) is 4.57. The minimum Gasteiger partial charge on any atom is -0.495 e. The normalized spacial score (nSPS) is 10.4. The van der Waals surface area contributed by atoms with E-state index in [1.165, 1.54) is 18.4 Å². The van der Waals surface area contributed by atoms with Crippen molar-refractivity contribution in [2.45, 2.75) is 0 Å². The van der Waals surface area contributed by atoms with Gasteiger partial charge in [-0.25, -0.2) is 9.78 Å². The summed E-state index contributed by atoms with van der Waals surface area (Å²) in [7, 11) is 2.85. The van der Waals surface area contributed by atoms with Crippen LogP contribution in [0.2, 0.25) is 5.02 Å². The van der Waals surface area contributed by atoms with Crippen molar-refractivity contribution < 1.29 is 19.1 Å². The van der Waals surface area contributed by atoms with Crippen LogP contribution in [0.15, 0.2) is 35.7 Å². The summed E-state index contributed by atoms with van der Waals surface area (Å²) in [4.78, 5) is 28.9. The van der Waals surface area contributed by atoms with Crippen molar-refractivity contribution in [3.8, 4) is 17.0 Å². The number of carbonyl (C=O) groups is 2. The topological polar surface area (TPSA) is 77.5 Å². The van der Waals surface area contributed by atoms with E-state index in [1.807, 2.05) is 11.4 Å². The lowest BCUT2D eigenvalue weighted by Crippen LogP contribution is -2.09. The second-order valence-electron chi connectivity index (χ2n) is 5.00. The predicted molar refractivity (Wildman–Crippen MR) is 103 cm³/mol. The van der Waals surface area contributed by atoms with Crippen molar-refractivity contribution in [1.82, 2.24) is 4.98 Å². The SMILES string of the molecule is COC(=O)c1ccc(C(=O)Nc2nc(-c3ccc(OC)c(Cl)c3)cs2)s1. The largest absolute Gasteiger partial charge is 0.495 e. The molecule has 6 nitrogen and oxygen atoms in total. The van der Waals surface area contributed by atoms with Crippen LogP contribution >= 0.6 is 34.3 Å². The van der Waals surface area contributed by atoms with Gasteiger partial charge in [0.2, 0.25) is 0 Å². The molecule has 9 heteroatoms. The van der Waals surface area contributed by atoms with E-state index in [1.54, 1.807) is 31.4 Å². The second kappa shape index (κ2) is 7.86. The van der Waals surface area contributed by atoms with Crippen molar-refractivity contribution >= 4 is 51.3 Å². The summed E-state index contributed by atoms with van der Waals surface area (Å²) >= 11 is 8.49. The summed E-state index contributed by atoms with van der Waals surface area (Å²) in [6.07, 6.45) is 0. The molecule has 0 aliphatic heterocycles. The number of thiophene rings is 1. The number of amides is 1. The maximum absolute atomic E-state index is 12.3. The molecule has 0 saturated carbocycles. The smallest absolute Gasteiger partial charge is 0.348 e. The Balaban J connectivity index is 1.74. The van der Waals surface area contributed by atoms with Gasteiger partial charge in [-0.2, -0.15) is 0 Å². The standard InChI is InChI=1S/C17H13ClN2O4S2/c1-23-12-4-3-9(7-10(12)18)11-8-25-17(19-11)20-15(21)13-5-6-14(26-13)16(22)24-2/h3-8H,1-2H3,(H,19,20,21). The molecule has 0 spiro atoms. The van der Waals surface area contributed by atoms with E-state index >= 15 is 0 Å². The Bertz CT molecular complexity index is 967. The average Bonchev–Trinajstić information content (AvgIpc) is 3.30. The number of hydrogen-bond acceptors (Lipinski definition) is 7. The minimum absolute atomic E-state index is 0.334. The molecule has 0 aliphatic rings. The Hall–Kier alpha value is -2.42. The number of halogens is 1. The van der Waals surface area contributed by atoms with E-state index < -0.39 is 5.97 Å². The summed E-state index contributed by atoms with van der Waals surface area (Å²) in [5, 5.41) is 5.48. The van der Waals surface area contributed by atoms with Crippen molar-refractivity contribution in [2.24, 2.45) is 0 Å². The van der Waals surface area contributed by atoms with Crippen LogP contribution in [0.5, 0.6) is 5.75 Å². The fraction of sp³-hybridized carbons (Fsp3) is 0.118. The number of rotatable bonds is 5. The molecule has 2 heterocycles. The number of anilines is 1. The molecular weight excluding hydrogens is 396 g/mol. The third-order valence-corrected chi connectivity index (χ3v) is 5.51. The number of hydrogen-bond donors (Lipinski definition) is 1. The van der Waals surface area contributed by atoms with Crippen LogP contribution in [0.3, 0.4) is 0 Å². The summed E-state index contributed by atoms with van der Waals surface area (Å²) in [6.45, 7) is 0. The highest BCUT2D eigenvalue weighted by Gasteiger charge is 2.16. The Labute approximate surface area is 162 Å². The number of thiazole rings is 1. The first-order chi connectivity index (χ1) is 12.5. The van der Waals surface area contributed by atoms with Gasteiger partial charge in [0.05, 0.1) is 29.8 Å². The summed E-state index contributed by atoms with van der Waals surface area (Å²) in [5.74, 6) is -0.223. The van der Waals surface area contributed by atoms with Gasteiger partial charge in [0.15, 0.2) is 5.13 Å². The summed E-state index contributed by atoms with van der Waals surface area (Å²) < 4.78 is 9.77. The van der Waals surface area contributed by atoms with Crippen LogP contribution in [0.4, 0.5) is 5.13 Å². The van der Waals surface area contributed by atoms with Crippen molar-refractivity contribution in [2.75, 3.05) is 19.5 Å². The van der Waals surface area contributed by atoms with Gasteiger partial charge in [0, 0.05) is 10.9 Å². The number of ether oxygens (including phenoxy) is 2. The van der Waals surface area contributed by atoms with Crippen LogP contribution in [-0.4, -0.2) is 31.1 Å². The highest BCUT2D eigenvalue weighted by Crippen LogP contribution is 2.32. The van der Waals surface area contributed by atoms with Gasteiger partial charge in [0.25, 0.3) is 5.91 Å². The van der Waals surface area contributed by atoms with E-state index in [9.17, 15) is 9.59 Å². The molecule has 1 aromatic carbocycles. The number of nitrogens with zero attached hydrogens (tertiary/aromatic N) is 1. The Morgan fingerprint density at radius 3 is 2.62 bits per heavy atom. The molecule has 134 valence electrons. The highest BCUT2D eigenvalue weighted by atomic mass is 35.5. The average molecular weight is 409 g/mol. The first-order valence-electron chi connectivity index (χ1n) is 7.30. The molecule has 0 fully saturated rings. The van der Waals surface area contributed by atoms with E-state index in [0.29, 0.717) is 31.4 Å². The first kappa shape index (κ1) is 18.4. The molecule has 0 aliphatic carbocycles. The fourth-order valence-corrected chi connectivity index (χ4v) is 3.91. The van der Waals surface area contributed by atoms with Gasteiger partial charge in [0.1, 0.15) is 10.6 Å². The molecule has 0 atom stereocenters. The zero-order valence-electron chi connectivity index (χ0n) is 13.7. The lowest BCUT2D eigenvalue weighted by molar-refractivity contribution is 0.0606. The third-order valence-electron chi connectivity index (χ3n) is 3.39. The van der Waals surface area contributed by atoms with Crippen LogP contribution in [0.25, 0.3) is 11.3 Å². The monoisotopic (exact) mass is 408 g/mol. The molecule has 0 saturated heterocycles. The van der Waals surface area contributed by atoms with E-state index in [4.69, 9.17) is 16.3 Å². The maximum Gasteiger partial charge on any atom is 0.348 e. The third kappa shape index (κ3) is 3.87. The van der Waals surface area contributed by atoms with Gasteiger partial charge in [-0.1, -0.05) is 11.6 Å². The quantitative estimate of drug-likeness (QED) is 0.625. The number of carbonyl (C=O) groups excluding carboxylic acids is 2. The summed E-state index contributed by atoms with van der Waals surface area (Å²) in [5.41, 5.74) is 1.51. The van der Waals surface area contributed by atoms with Crippen LogP contribution in [-0.2, 0) is 4.74 Å². The van der Waals surface area contributed by atoms with Gasteiger partial charge in [-0.15, -0.1) is 22.7 Å². The number of esters is 1. The van der Waals surface area contributed by atoms with Crippen molar-refractivity contribution in [3.05, 3.63) is 50.5 Å². The molecule has 2 aromatic heterocycles. The van der Waals surface area contributed by atoms with E-state index in [2.05, 4.69) is 15.0 Å². The minimum atomic E-state index is -0.470. The van der Waals surface area contributed by atoms with Crippen LogP contribution < -0.4 is 10.1 Å². The fourth-order valence-electron chi connectivity index (χ4n) is 2.12. The Morgan fingerprint density at radius 1 is 1.15 bits per heavy atom. The zero-order chi connectivity index (χ0) is 18.7. The van der Waals surface area contributed by atoms with E-state index in [-0.39, 0.29) is 5.91 Å². The van der Waals surface area contributed by atoms with Gasteiger partial charge >= 0.3 is 5.97 Å². The second-order valence-corrected chi connectivity index (χ2v) is 7.35. The Kier molecular flexibility index (Phi) is 5.55. The maximum atomic E-state index is 12.3. The zero-order valence-corrected chi connectivity index (χ0v) is 16.1. The highest BCUT2D eigenvalue weighted by molar-refractivity contribution is 7.16. The molecule has 1 amide bonds. The number of aromatic nitrogens is 1. The first-order valence-corrected chi connectivity index (χ1v) is 9.38. The lowest BCUT2D eigenvalue weighted by atomic mass is 10.2. The van der Waals surface area contributed by atoms with Crippen LogP contribution in [0, 0.1) is 0 Å². The molecular formula is C17H13ClN2O4S2. The molecule has 1 N–H and O–H groups in total. The molecule has 0 radical (unpaired) electrons. The van der Waals surface area contributed by atoms with Crippen molar-refractivity contribution in [1.29, 1.82) is 0 Å². The molecule has 0 unspecified atom stereocenters. The van der Waals surface area contributed by atoms with Crippen molar-refractivity contribution in [3.63, 3.8) is 0 Å². The molecule has 26 heavy (non-hydrogen) atoms. The molecule has 3 aromatic rings.